The zero-order valence-electron chi connectivity index (χ0n) is 10.5. The summed E-state index contributed by atoms with van der Waals surface area (Å²) in [5.41, 5.74) is 0.617. The van der Waals surface area contributed by atoms with Crippen molar-refractivity contribution in [1.82, 2.24) is 0 Å². The van der Waals surface area contributed by atoms with Crippen molar-refractivity contribution < 1.29 is 23.9 Å². The zero-order valence-corrected chi connectivity index (χ0v) is 10.5. The molecule has 2 aliphatic rings. The third-order valence-electron chi connectivity index (χ3n) is 3.13. The third-order valence-corrected chi connectivity index (χ3v) is 3.13. The van der Waals surface area contributed by atoms with Crippen LogP contribution in [0.25, 0.3) is 6.08 Å². The molecule has 1 aromatic rings. The summed E-state index contributed by atoms with van der Waals surface area (Å²) in [6, 6.07) is 2.82. The van der Waals surface area contributed by atoms with Crippen molar-refractivity contribution in [3.63, 3.8) is 0 Å². The maximum absolute atomic E-state index is 11.6. The second-order valence-electron chi connectivity index (χ2n) is 4.43. The standard InChI is InChI=1S/C13H11NO6/c15-13-8(2-1-3-18-13)4-9-5-11-12(20-7-19-11)6-10(9)14(16)17/h4-6H,1-3,7H2. The number of ether oxygens (including phenoxy) is 3. The van der Waals surface area contributed by atoms with Crippen LogP contribution in [0, 0.1) is 10.1 Å². The molecule has 0 radical (unpaired) electrons. The first-order valence-electron chi connectivity index (χ1n) is 6.11. The molecule has 104 valence electrons. The van der Waals surface area contributed by atoms with Crippen molar-refractivity contribution in [2.45, 2.75) is 12.8 Å². The molecular weight excluding hydrogens is 266 g/mol. The highest BCUT2D eigenvalue weighted by Gasteiger charge is 2.24. The van der Waals surface area contributed by atoms with E-state index in [0.717, 1.165) is 6.42 Å². The second-order valence-corrected chi connectivity index (χ2v) is 4.43. The minimum absolute atomic E-state index is 0.0363. The highest BCUT2D eigenvalue weighted by atomic mass is 16.7. The molecule has 7 nitrogen and oxygen atoms in total. The summed E-state index contributed by atoms with van der Waals surface area (Å²) in [5, 5.41) is 11.1. The molecule has 0 aromatic heterocycles. The van der Waals surface area contributed by atoms with Crippen LogP contribution in [0.15, 0.2) is 17.7 Å². The molecule has 2 heterocycles. The molecule has 1 aromatic carbocycles. The van der Waals surface area contributed by atoms with E-state index in [4.69, 9.17) is 14.2 Å². The summed E-state index contributed by atoms with van der Waals surface area (Å²) in [5.74, 6) is 0.347. The molecule has 0 bridgehead atoms. The first-order valence-corrected chi connectivity index (χ1v) is 6.11. The summed E-state index contributed by atoms with van der Waals surface area (Å²) in [7, 11) is 0. The fourth-order valence-corrected chi connectivity index (χ4v) is 2.16. The fraction of sp³-hybridized carbons (Fsp3) is 0.308. The highest BCUT2D eigenvalue weighted by Crippen LogP contribution is 2.39. The van der Waals surface area contributed by atoms with Gasteiger partial charge in [0.2, 0.25) is 6.79 Å². The molecule has 3 rings (SSSR count). The van der Waals surface area contributed by atoms with Gasteiger partial charge in [-0.2, -0.15) is 0 Å². The second kappa shape index (κ2) is 4.84. The zero-order chi connectivity index (χ0) is 14.1. The van der Waals surface area contributed by atoms with E-state index in [0.29, 0.717) is 35.7 Å². The average Bonchev–Trinajstić information content (AvgIpc) is 2.87. The van der Waals surface area contributed by atoms with Gasteiger partial charge < -0.3 is 14.2 Å². The summed E-state index contributed by atoms with van der Waals surface area (Å²) in [6.07, 6.45) is 2.75. The summed E-state index contributed by atoms with van der Waals surface area (Å²) in [6.45, 7) is 0.425. The molecule has 1 fully saturated rings. The van der Waals surface area contributed by atoms with Gasteiger partial charge in [0, 0.05) is 5.57 Å². The predicted molar refractivity (Wildman–Crippen MR) is 67.4 cm³/mol. The van der Waals surface area contributed by atoms with Crippen LogP contribution in [0.2, 0.25) is 0 Å². The Morgan fingerprint density at radius 1 is 1.20 bits per heavy atom. The van der Waals surface area contributed by atoms with Gasteiger partial charge in [-0.1, -0.05) is 0 Å². The quantitative estimate of drug-likeness (QED) is 0.356. The maximum atomic E-state index is 11.6. The number of nitro benzene ring substituents is 1. The summed E-state index contributed by atoms with van der Waals surface area (Å²) in [4.78, 5) is 22.2. The van der Waals surface area contributed by atoms with Gasteiger partial charge in [0.15, 0.2) is 11.5 Å². The van der Waals surface area contributed by atoms with Crippen molar-refractivity contribution in [3.05, 3.63) is 33.4 Å². The SMILES string of the molecule is O=C1OCCCC1=Cc1cc2c(cc1[N+](=O)[O-])OCO2. The molecule has 0 N–H and O–H groups in total. The van der Waals surface area contributed by atoms with Crippen LogP contribution >= 0.6 is 0 Å². The molecule has 7 heteroatoms. The Morgan fingerprint density at radius 2 is 1.95 bits per heavy atom. The normalized spacial score (nSPS) is 19.0. The molecule has 20 heavy (non-hydrogen) atoms. The maximum Gasteiger partial charge on any atom is 0.334 e. The van der Waals surface area contributed by atoms with Gasteiger partial charge in [-0.05, 0) is 25.0 Å². The largest absolute Gasteiger partial charge is 0.462 e. The molecule has 0 aliphatic carbocycles. The van der Waals surface area contributed by atoms with E-state index in [2.05, 4.69) is 0 Å². The molecule has 2 aliphatic heterocycles. The van der Waals surface area contributed by atoms with E-state index >= 15 is 0 Å². The van der Waals surface area contributed by atoms with Crippen LogP contribution < -0.4 is 9.47 Å². The smallest absolute Gasteiger partial charge is 0.334 e. The number of rotatable bonds is 2. The van der Waals surface area contributed by atoms with Crippen molar-refractivity contribution >= 4 is 17.7 Å². The van der Waals surface area contributed by atoms with E-state index in [1.165, 1.54) is 18.2 Å². The number of hydrogen-bond donors (Lipinski definition) is 0. The number of cyclic esters (lactones) is 1. The van der Waals surface area contributed by atoms with E-state index in [1.54, 1.807) is 0 Å². The Morgan fingerprint density at radius 3 is 2.65 bits per heavy atom. The lowest BCUT2D eigenvalue weighted by Gasteiger charge is -2.13. The average molecular weight is 277 g/mol. The van der Waals surface area contributed by atoms with Gasteiger partial charge in [-0.25, -0.2) is 4.79 Å². The number of carbonyl (C=O) groups is 1. The summed E-state index contributed by atoms with van der Waals surface area (Å²) >= 11 is 0. The van der Waals surface area contributed by atoms with Gasteiger partial charge in [0.05, 0.1) is 23.2 Å². The highest BCUT2D eigenvalue weighted by molar-refractivity contribution is 5.95. The van der Waals surface area contributed by atoms with E-state index < -0.39 is 10.9 Å². The van der Waals surface area contributed by atoms with Crippen molar-refractivity contribution in [3.8, 4) is 11.5 Å². The fourth-order valence-electron chi connectivity index (χ4n) is 2.16. The van der Waals surface area contributed by atoms with Crippen LogP contribution in [0.5, 0.6) is 11.5 Å². The van der Waals surface area contributed by atoms with Gasteiger partial charge in [0.1, 0.15) is 0 Å². The van der Waals surface area contributed by atoms with E-state index in [-0.39, 0.29) is 12.5 Å². The van der Waals surface area contributed by atoms with Gasteiger partial charge >= 0.3 is 5.97 Å². The Kier molecular flexibility index (Phi) is 3.02. The monoisotopic (exact) mass is 277 g/mol. The number of carbonyl (C=O) groups excluding carboxylic acids is 1. The summed E-state index contributed by atoms with van der Waals surface area (Å²) < 4.78 is 15.2. The molecule has 0 saturated carbocycles. The number of nitro groups is 1. The lowest BCUT2D eigenvalue weighted by molar-refractivity contribution is -0.385. The Bertz CT molecular complexity index is 622. The minimum Gasteiger partial charge on any atom is -0.462 e. The van der Waals surface area contributed by atoms with Crippen molar-refractivity contribution in [2.75, 3.05) is 13.4 Å². The van der Waals surface area contributed by atoms with E-state index in [1.807, 2.05) is 0 Å². The van der Waals surface area contributed by atoms with Gasteiger partial charge in [0.25, 0.3) is 5.69 Å². The van der Waals surface area contributed by atoms with Crippen molar-refractivity contribution in [2.24, 2.45) is 0 Å². The molecule has 0 unspecified atom stereocenters. The van der Waals surface area contributed by atoms with Crippen LogP contribution in [0.3, 0.4) is 0 Å². The van der Waals surface area contributed by atoms with Gasteiger partial charge in [-0.15, -0.1) is 0 Å². The Labute approximate surface area is 113 Å². The number of nitrogens with zero attached hydrogens (tertiary/aromatic N) is 1. The topological polar surface area (TPSA) is 87.9 Å². The molecular formula is C13H11NO6. The Balaban J connectivity index is 2.05. The molecule has 0 spiro atoms. The first-order chi connectivity index (χ1) is 9.65. The minimum atomic E-state index is -0.511. The molecule has 0 atom stereocenters. The number of hydrogen-bond acceptors (Lipinski definition) is 6. The molecule has 0 amide bonds. The number of fused-ring (bicyclic) bond motifs is 1. The Hall–Kier alpha value is -2.57. The van der Waals surface area contributed by atoms with Crippen LogP contribution in [0.1, 0.15) is 18.4 Å². The lowest BCUT2D eigenvalue weighted by atomic mass is 10.0. The number of benzene rings is 1. The first kappa shape index (κ1) is 12.5. The van der Waals surface area contributed by atoms with Crippen LogP contribution in [-0.4, -0.2) is 24.3 Å². The number of esters is 1. The van der Waals surface area contributed by atoms with Crippen molar-refractivity contribution in [1.29, 1.82) is 0 Å². The van der Waals surface area contributed by atoms with Crippen LogP contribution in [0.4, 0.5) is 5.69 Å². The predicted octanol–water partition coefficient (Wildman–Crippen LogP) is 2.04. The van der Waals surface area contributed by atoms with Gasteiger partial charge in [-0.3, -0.25) is 10.1 Å². The lowest BCUT2D eigenvalue weighted by Crippen LogP contribution is -2.15. The third kappa shape index (κ3) is 2.18. The molecule has 1 saturated heterocycles. The van der Waals surface area contributed by atoms with Crippen LogP contribution in [-0.2, 0) is 9.53 Å². The van der Waals surface area contributed by atoms with E-state index in [9.17, 15) is 14.9 Å².